The van der Waals surface area contributed by atoms with Crippen LogP contribution < -0.4 is 24.4 Å². The maximum Gasteiger partial charge on any atom is 0.337 e. The molecular weight excluding hydrogens is 623 g/mol. The van der Waals surface area contributed by atoms with Crippen LogP contribution in [0.4, 0.5) is 0 Å². The van der Waals surface area contributed by atoms with Crippen LogP contribution in [0.25, 0.3) is 27.8 Å². The number of carbonyl (C=O) groups is 1. The van der Waals surface area contributed by atoms with Gasteiger partial charge in [0.05, 0.1) is 36.5 Å². The molecule has 7 rings (SSSR count). The van der Waals surface area contributed by atoms with Crippen molar-refractivity contribution in [2.75, 3.05) is 20.3 Å². The van der Waals surface area contributed by atoms with Crippen LogP contribution in [-0.4, -0.2) is 35.4 Å². The number of rotatable bonds is 9. The molecule has 48 heavy (non-hydrogen) atoms. The highest BCUT2D eigenvalue weighted by atomic mass is 32.1. The number of hydrogen-bond acceptors (Lipinski definition) is 7. The quantitative estimate of drug-likeness (QED) is 0.171. The van der Waals surface area contributed by atoms with Gasteiger partial charge in [0.2, 0.25) is 0 Å². The molecule has 0 N–H and O–H groups in total. The number of thiazole rings is 1. The van der Waals surface area contributed by atoms with Crippen LogP contribution >= 0.6 is 11.3 Å². The zero-order valence-electron chi connectivity index (χ0n) is 27.2. The number of aromatic nitrogens is 2. The van der Waals surface area contributed by atoms with E-state index in [4.69, 9.17) is 14.2 Å². The standard InChI is InChI=1S/C39H35N3O5S/c1-5-46-33-19-18-26(20-34(33)47-6-2)36-31(38(44)45-4)22-40-39-42(36)37(43)35(48-39)21-30-24(3)41(32-17-10-9-16-29(30)32)23-27-14-11-13-25-12-7-8-15-28(25)27/h7-22,36H,5-6,23H2,1-4H3/b35-21+/t36-/m0/s1. The highest BCUT2D eigenvalue weighted by Gasteiger charge is 2.31. The SMILES string of the molecule is CCOc1ccc([C@H]2C(C(=O)OC)=CN=c3s/c(=C/c4c(C)n(Cc5cccc6ccccc56)c5ccccc45)c(=O)n32)cc1OCC. The van der Waals surface area contributed by atoms with Crippen molar-refractivity contribution in [3.8, 4) is 11.5 Å². The van der Waals surface area contributed by atoms with Crippen LogP contribution in [0.15, 0.2) is 106 Å². The van der Waals surface area contributed by atoms with Crippen molar-refractivity contribution in [3.05, 3.63) is 139 Å². The molecule has 4 aromatic carbocycles. The van der Waals surface area contributed by atoms with Crippen LogP contribution in [0.3, 0.4) is 0 Å². The van der Waals surface area contributed by atoms with Gasteiger partial charge in [-0.25, -0.2) is 9.79 Å². The first-order valence-corrected chi connectivity index (χ1v) is 16.8. The summed E-state index contributed by atoms with van der Waals surface area (Å²) in [4.78, 5) is 32.5. The Labute approximate surface area is 281 Å². The second-order valence-corrected chi connectivity index (χ2v) is 12.5. The number of methoxy groups -OCH3 is 1. The first kappa shape index (κ1) is 31.2. The molecule has 0 saturated carbocycles. The summed E-state index contributed by atoms with van der Waals surface area (Å²) in [5.74, 6) is 0.571. The van der Waals surface area contributed by atoms with Crippen LogP contribution in [0, 0.1) is 6.92 Å². The second-order valence-electron chi connectivity index (χ2n) is 11.5. The Kier molecular flexibility index (Phi) is 8.45. The molecule has 1 aliphatic rings. The van der Waals surface area contributed by atoms with Crippen LogP contribution in [0.2, 0.25) is 0 Å². The summed E-state index contributed by atoms with van der Waals surface area (Å²) in [6.45, 7) is 7.49. The summed E-state index contributed by atoms with van der Waals surface area (Å²) < 4.78 is 21.2. The Balaban J connectivity index is 1.38. The Morgan fingerprint density at radius 2 is 1.65 bits per heavy atom. The van der Waals surface area contributed by atoms with Gasteiger partial charge in [0.15, 0.2) is 16.3 Å². The molecular formula is C39H35N3O5S. The number of nitrogens with zero attached hydrogens (tertiary/aromatic N) is 3. The topological polar surface area (TPSA) is 84.0 Å². The molecule has 6 aromatic rings. The van der Waals surface area contributed by atoms with Crippen molar-refractivity contribution >= 4 is 45.1 Å². The van der Waals surface area contributed by atoms with Crippen molar-refractivity contribution in [3.63, 3.8) is 0 Å². The normalized spacial score (nSPS) is 14.5. The first-order chi connectivity index (χ1) is 23.4. The second kappa shape index (κ2) is 13.0. The lowest BCUT2D eigenvalue weighted by Crippen LogP contribution is -2.39. The Morgan fingerprint density at radius 1 is 0.917 bits per heavy atom. The summed E-state index contributed by atoms with van der Waals surface area (Å²) in [5, 5.41) is 3.48. The third kappa shape index (κ3) is 5.40. The molecule has 9 heteroatoms. The van der Waals surface area contributed by atoms with Crippen molar-refractivity contribution < 1.29 is 19.0 Å². The zero-order valence-corrected chi connectivity index (χ0v) is 28.0. The van der Waals surface area contributed by atoms with Crippen molar-refractivity contribution in [2.24, 2.45) is 4.99 Å². The van der Waals surface area contributed by atoms with Gasteiger partial charge in [-0.1, -0.05) is 78.1 Å². The van der Waals surface area contributed by atoms with E-state index in [0.29, 0.717) is 46.2 Å². The number of fused-ring (bicyclic) bond motifs is 3. The van der Waals surface area contributed by atoms with E-state index in [1.54, 1.807) is 4.57 Å². The minimum Gasteiger partial charge on any atom is -0.490 e. The van der Waals surface area contributed by atoms with Crippen molar-refractivity contribution in [2.45, 2.75) is 33.4 Å². The maximum atomic E-state index is 14.4. The van der Waals surface area contributed by atoms with Crippen LogP contribution in [0.1, 0.15) is 42.3 Å². The van der Waals surface area contributed by atoms with Crippen molar-refractivity contribution in [1.29, 1.82) is 0 Å². The molecule has 0 radical (unpaired) electrons. The average Bonchev–Trinajstić information content (AvgIpc) is 3.57. The monoisotopic (exact) mass is 657 g/mol. The van der Waals surface area contributed by atoms with Gasteiger partial charge in [0.1, 0.15) is 0 Å². The largest absolute Gasteiger partial charge is 0.490 e. The Morgan fingerprint density at radius 3 is 2.44 bits per heavy atom. The van der Waals surface area contributed by atoms with Gasteiger partial charge in [-0.3, -0.25) is 9.36 Å². The molecule has 0 aliphatic carbocycles. The Bertz CT molecular complexity index is 2410. The highest BCUT2D eigenvalue weighted by Crippen LogP contribution is 2.35. The van der Waals surface area contributed by atoms with Gasteiger partial charge in [-0.2, -0.15) is 0 Å². The predicted octanol–water partition coefficient (Wildman–Crippen LogP) is 6.28. The van der Waals surface area contributed by atoms with E-state index in [0.717, 1.165) is 22.2 Å². The average molecular weight is 658 g/mol. The predicted molar refractivity (Wildman–Crippen MR) is 190 cm³/mol. The minimum absolute atomic E-state index is 0.240. The lowest BCUT2D eigenvalue weighted by Gasteiger charge is -2.23. The molecule has 0 bridgehead atoms. The van der Waals surface area contributed by atoms with Gasteiger partial charge >= 0.3 is 5.97 Å². The van der Waals surface area contributed by atoms with Crippen LogP contribution in [-0.2, 0) is 16.1 Å². The minimum atomic E-state index is -0.764. The fraction of sp³-hybridized carbons (Fsp3) is 0.205. The summed E-state index contributed by atoms with van der Waals surface area (Å²) in [6.07, 6.45) is 3.47. The molecule has 0 fully saturated rings. The summed E-state index contributed by atoms with van der Waals surface area (Å²) in [5.41, 5.74) is 5.03. The number of carbonyl (C=O) groups excluding carboxylic acids is 1. The number of esters is 1. The fourth-order valence-electron chi connectivity index (χ4n) is 6.56. The number of para-hydroxylation sites is 1. The van der Waals surface area contributed by atoms with E-state index in [9.17, 15) is 9.59 Å². The third-order valence-electron chi connectivity index (χ3n) is 8.77. The maximum absolute atomic E-state index is 14.4. The molecule has 0 unspecified atom stereocenters. The lowest BCUT2D eigenvalue weighted by atomic mass is 9.97. The van der Waals surface area contributed by atoms with E-state index in [1.165, 1.54) is 41.0 Å². The molecule has 8 nitrogen and oxygen atoms in total. The van der Waals surface area contributed by atoms with Gasteiger partial charge in [-0.05, 0) is 66.9 Å². The van der Waals surface area contributed by atoms with Crippen molar-refractivity contribution in [1.82, 2.24) is 9.13 Å². The molecule has 0 amide bonds. The fourth-order valence-corrected chi connectivity index (χ4v) is 7.51. The summed E-state index contributed by atoms with van der Waals surface area (Å²) in [7, 11) is 1.33. The molecule has 2 aromatic heterocycles. The number of hydrogen-bond donors (Lipinski definition) is 0. The van der Waals surface area contributed by atoms with E-state index in [1.807, 2.05) is 50.3 Å². The molecule has 0 spiro atoms. The molecule has 1 atom stereocenters. The third-order valence-corrected chi connectivity index (χ3v) is 9.77. The van der Waals surface area contributed by atoms with E-state index < -0.39 is 12.0 Å². The van der Waals surface area contributed by atoms with E-state index >= 15 is 0 Å². The van der Waals surface area contributed by atoms with Gasteiger partial charge < -0.3 is 18.8 Å². The van der Waals surface area contributed by atoms with Gasteiger partial charge in [-0.15, -0.1) is 0 Å². The smallest absolute Gasteiger partial charge is 0.337 e. The van der Waals surface area contributed by atoms with Crippen LogP contribution in [0.5, 0.6) is 11.5 Å². The molecule has 1 aliphatic heterocycles. The first-order valence-electron chi connectivity index (χ1n) is 16.0. The van der Waals surface area contributed by atoms with E-state index in [2.05, 4.69) is 71.1 Å². The van der Waals surface area contributed by atoms with E-state index in [-0.39, 0.29) is 11.1 Å². The van der Waals surface area contributed by atoms with Gasteiger partial charge in [0, 0.05) is 34.9 Å². The molecule has 242 valence electrons. The summed E-state index contributed by atoms with van der Waals surface area (Å²) >= 11 is 1.30. The molecule has 3 heterocycles. The number of ether oxygens (including phenoxy) is 3. The molecule has 0 saturated heterocycles. The summed E-state index contributed by atoms with van der Waals surface area (Å²) in [6, 6.07) is 27.8. The van der Waals surface area contributed by atoms with Gasteiger partial charge in [0.25, 0.3) is 5.56 Å². The Hall–Kier alpha value is -5.41. The zero-order chi connectivity index (χ0) is 33.4. The highest BCUT2D eigenvalue weighted by molar-refractivity contribution is 7.07. The lowest BCUT2D eigenvalue weighted by molar-refractivity contribution is -0.136. The number of benzene rings is 4.